The Morgan fingerprint density at radius 3 is 2.63 bits per heavy atom. The van der Waals surface area contributed by atoms with Crippen LogP contribution < -0.4 is 4.90 Å². The normalized spacial score (nSPS) is 17.5. The topological polar surface area (TPSA) is 56.7 Å². The molecule has 1 aromatic heterocycles. The highest BCUT2D eigenvalue weighted by atomic mass is 16.2. The summed E-state index contributed by atoms with van der Waals surface area (Å²) in [5.74, 6) is 0.193. The first-order chi connectivity index (χ1) is 14.6. The summed E-state index contributed by atoms with van der Waals surface area (Å²) in [7, 11) is 2.06. The van der Waals surface area contributed by atoms with Crippen LogP contribution in [0.5, 0.6) is 0 Å². The fourth-order valence-corrected chi connectivity index (χ4v) is 5.18. The van der Waals surface area contributed by atoms with Crippen LogP contribution in [0.2, 0.25) is 0 Å². The third kappa shape index (κ3) is 2.92. The van der Waals surface area contributed by atoms with E-state index in [9.17, 15) is 9.90 Å². The molecule has 1 N–H and O–H groups in total. The maximum atomic E-state index is 13.6. The fraction of sp³-hybridized carbons (Fsp3) is 0.360. The van der Waals surface area contributed by atoms with E-state index in [0.29, 0.717) is 6.54 Å². The van der Waals surface area contributed by atoms with Crippen molar-refractivity contribution in [3.05, 3.63) is 71.5 Å². The lowest BCUT2D eigenvalue weighted by Crippen LogP contribution is -2.62. The van der Waals surface area contributed by atoms with Gasteiger partial charge in [0.05, 0.1) is 12.2 Å². The maximum Gasteiger partial charge on any atom is 0.240 e. The number of amides is 1. The molecule has 5 nitrogen and oxygen atoms in total. The number of anilines is 1. The van der Waals surface area contributed by atoms with Crippen LogP contribution in [0.4, 0.5) is 5.69 Å². The first kappa shape index (κ1) is 19.2. The third-order valence-electron chi connectivity index (χ3n) is 6.58. The van der Waals surface area contributed by atoms with Crippen LogP contribution >= 0.6 is 0 Å². The molecular weight excluding hydrogens is 374 g/mol. The van der Waals surface area contributed by atoms with Crippen molar-refractivity contribution in [3.8, 4) is 0 Å². The first-order valence-electron chi connectivity index (χ1n) is 10.7. The lowest BCUT2D eigenvalue weighted by atomic mass is 9.75. The van der Waals surface area contributed by atoms with Gasteiger partial charge in [0.15, 0.2) is 0 Å². The average Bonchev–Trinajstić information content (AvgIpc) is 2.98. The van der Waals surface area contributed by atoms with Gasteiger partial charge in [-0.3, -0.25) is 9.78 Å². The van der Waals surface area contributed by atoms with Gasteiger partial charge >= 0.3 is 0 Å². The van der Waals surface area contributed by atoms with E-state index in [0.717, 1.165) is 54.7 Å². The van der Waals surface area contributed by atoms with E-state index in [1.54, 1.807) is 0 Å². The second-order valence-corrected chi connectivity index (χ2v) is 8.61. The molecule has 5 rings (SSSR count). The van der Waals surface area contributed by atoms with Gasteiger partial charge in [-0.25, -0.2) is 0 Å². The zero-order chi connectivity index (χ0) is 20.7. The molecule has 0 unspecified atom stereocenters. The highest BCUT2D eigenvalue weighted by Crippen LogP contribution is 2.47. The van der Waals surface area contributed by atoms with Gasteiger partial charge < -0.3 is 14.9 Å². The molecule has 3 heterocycles. The summed E-state index contributed by atoms with van der Waals surface area (Å²) in [6.07, 6.45) is 4.43. The van der Waals surface area contributed by atoms with Crippen LogP contribution in [0.15, 0.2) is 54.7 Å². The molecule has 2 aromatic carbocycles. The van der Waals surface area contributed by atoms with Crippen molar-refractivity contribution in [1.29, 1.82) is 0 Å². The Kier molecular flexibility index (Phi) is 4.80. The standard InChI is InChI=1S/C25H27N3O2/c1-27-16-25(17-27)21-11-4-5-12-23(21)28(24(25)30)15-22-20(10-6-7-13-29)19-9-3-2-8-18(19)14-26-22/h2-5,8-9,11-12,14,29H,6-7,10,13,15-17H2,1H3. The molecule has 0 bridgehead atoms. The number of aliphatic hydroxyl groups is 1. The summed E-state index contributed by atoms with van der Waals surface area (Å²) in [6.45, 7) is 2.23. The van der Waals surface area contributed by atoms with Crippen LogP contribution in [0, 0.1) is 0 Å². The monoisotopic (exact) mass is 401 g/mol. The number of hydrogen-bond acceptors (Lipinski definition) is 4. The predicted molar refractivity (Wildman–Crippen MR) is 119 cm³/mol. The Bertz CT molecular complexity index is 1100. The fourth-order valence-electron chi connectivity index (χ4n) is 5.18. The van der Waals surface area contributed by atoms with Gasteiger partial charge in [-0.05, 0) is 48.9 Å². The van der Waals surface area contributed by atoms with E-state index in [-0.39, 0.29) is 12.5 Å². The van der Waals surface area contributed by atoms with Crippen molar-refractivity contribution in [2.24, 2.45) is 0 Å². The van der Waals surface area contributed by atoms with Gasteiger partial charge in [-0.2, -0.15) is 0 Å². The van der Waals surface area contributed by atoms with Crippen LogP contribution in [0.25, 0.3) is 10.8 Å². The molecule has 0 aliphatic carbocycles. The molecule has 0 atom stereocenters. The van der Waals surface area contributed by atoms with Crippen molar-refractivity contribution in [2.75, 3.05) is 31.6 Å². The Balaban J connectivity index is 1.54. The Labute approximate surface area is 177 Å². The van der Waals surface area contributed by atoms with Gasteiger partial charge in [0.1, 0.15) is 5.41 Å². The lowest BCUT2D eigenvalue weighted by Gasteiger charge is -2.44. The number of nitrogens with zero attached hydrogens (tertiary/aromatic N) is 3. The number of carbonyl (C=O) groups excluding carboxylic acids is 1. The van der Waals surface area contributed by atoms with Crippen molar-refractivity contribution >= 4 is 22.4 Å². The molecule has 2 aliphatic rings. The van der Waals surface area contributed by atoms with Crippen LogP contribution in [0.3, 0.4) is 0 Å². The molecule has 2 aliphatic heterocycles. The molecule has 3 aromatic rings. The van der Waals surface area contributed by atoms with Crippen LogP contribution in [-0.2, 0) is 23.2 Å². The molecule has 1 saturated heterocycles. The molecular formula is C25H27N3O2. The molecule has 1 spiro atoms. The molecule has 0 saturated carbocycles. The van der Waals surface area contributed by atoms with Gasteiger partial charge in [-0.15, -0.1) is 0 Å². The Morgan fingerprint density at radius 2 is 1.83 bits per heavy atom. The summed E-state index contributed by atoms with van der Waals surface area (Å²) in [5.41, 5.74) is 3.92. The summed E-state index contributed by atoms with van der Waals surface area (Å²) in [6, 6.07) is 16.5. The number of benzene rings is 2. The number of likely N-dealkylation sites (tertiary alicyclic amines) is 1. The molecule has 5 heteroatoms. The summed E-state index contributed by atoms with van der Waals surface area (Å²) in [5, 5.41) is 11.5. The number of aryl methyl sites for hydroxylation is 1. The minimum atomic E-state index is -0.404. The molecule has 154 valence electrons. The number of carbonyl (C=O) groups is 1. The lowest BCUT2D eigenvalue weighted by molar-refractivity contribution is -0.128. The smallest absolute Gasteiger partial charge is 0.240 e. The van der Waals surface area contributed by atoms with Crippen LogP contribution in [-0.4, -0.2) is 47.6 Å². The maximum absolute atomic E-state index is 13.6. The zero-order valence-corrected chi connectivity index (χ0v) is 17.3. The first-order valence-corrected chi connectivity index (χ1v) is 10.7. The molecule has 1 fully saturated rings. The van der Waals surface area contributed by atoms with Gasteiger partial charge in [0.25, 0.3) is 0 Å². The number of fused-ring (bicyclic) bond motifs is 3. The van der Waals surface area contributed by atoms with Crippen molar-refractivity contribution < 1.29 is 9.90 Å². The molecule has 1 amide bonds. The minimum absolute atomic E-state index is 0.193. The number of rotatable bonds is 6. The third-order valence-corrected chi connectivity index (χ3v) is 6.58. The SMILES string of the molecule is CN1CC2(C1)C(=O)N(Cc1ncc3ccccc3c1CCCCO)c1ccccc12. The number of likely N-dealkylation sites (N-methyl/N-ethyl adjacent to an activating group) is 1. The Morgan fingerprint density at radius 1 is 1.07 bits per heavy atom. The zero-order valence-electron chi connectivity index (χ0n) is 17.3. The number of hydrogen-bond donors (Lipinski definition) is 1. The number of unbranched alkanes of at least 4 members (excludes halogenated alkanes) is 1. The second kappa shape index (κ2) is 7.49. The van der Waals surface area contributed by atoms with E-state index in [1.807, 2.05) is 29.3 Å². The number of para-hydroxylation sites is 1. The van der Waals surface area contributed by atoms with E-state index < -0.39 is 5.41 Å². The summed E-state index contributed by atoms with van der Waals surface area (Å²) in [4.78, 5) is 22.5. The predicted octanol–water partition coefficient (Wildman–Crippen LogP) is 3.28. The Hall–Kier alpha value is -2.76. The average molecular weight is 402 g/mol. The van der Waals surface area contributed by atoms with E-state index >= 15 is 0 Å². The van der Waals surface area contributed by atoms with E-state index in [2.05, 4.69) is 42.3 Å². The summed E-state index contributed by atoms with van der Waals surface area (Å²) >= 11 is 0. The quantitative estimate of drug-likeness (QED) is 0.644. The van der Waals surface area contributed by atoms with Crippen molar-refractivity contribution in [3.63, 3.8) is 0 Å². The minimum Gasteiger partial charge on any atom is -0.396 e. The molecule has 30 heavy (non-hydrogen) atoms. The van der Waals surface area contributed by atoms with Gasteiger partial charge in [0, 0.05) is 37.0 Å². The van der Waals surface area contributed by atoms with Crippen molar-refractivity contribution in [2.45, 2.75) is 31.2 Å². The number of aliphatic hydroxyl groups excluding tert-OH is 1. The van der Waals surface area contributed by atoms with Crippen LogP contribution in [0.1, 0.15) is 29.7 Å². The number of aromatic nitrogens is 1. The van der Waals surface area contributed by atoms with E-state index in [1.165, 1.54) is 10.9 Å². The summed E-state index contributed by atoms with van der Waals surface area (Å²) < 4.78 is 0. The highest BCUT2D eigenvalue weighted by molar-refractivity contribution is 6.09. The number of pyridine rings is 1. The molecule has 0 radical (unpaired) electrons. The van der Waals surface area contributed by atoms with Gasteiger partial charge in [0.2, 0.25) is 5.91 Å². The largest absolute Gasteiger partial charge is 0.396 e. The second-order valence-electron chi connectivity index (χ2n) is 8.61. The van der Waals surface area contributed by atoms with E-state index in [4.69, 9.17) is 4.98 Å². The van der Waals surface area contributed by atoms with Crippen molar-refractivity contribution in [1.82, 2.24) is 9.88 Å². The van der Waals surface area contributed by atoms with Gasteiger partial charge in [-0.1, -0.05) is 42.5 Å². The highest BCUT2D eigenvalue weighted by Gasteiger charge is 2.56.